The summed E-state index contributed by atoms with van der Waals surface area (Å²) in [7, 11) is 1.57. The molecule has 0 atom stereocenters. The van der Waals surface area contributed by atoms with E-state index in [2.05, 4.69) is 0 Å². The SMILES string of the molecule is COc1ccc(OCC(=O)OCc2cc(=O)oc3cc(C)c(Cl)cc23)cc1. The monoisotopic (exact) mass is 388 g/mol. The van der Waals surface area contributed by atoms with Gasteiger partial charge in [-0.25, -0.2) is 9.59 Å². The van der Waals surface area contributed by atoms with Gasteiger partial charge in [-0.1, -0.05) is 11.6 Å². The standard InChI is InChI=1S/C20H17ClO6/c1-12-7-18-16(9-17(12)21)13(8-19(22)27-18)10-26-20(23)11-25-15-5-3-14(24-2)4-6-15/h3-9H,10-11H2,1-2H3. The van der Waals surface area contributed by atoms with Crippen LogP contribution in [0.15, 0.2) is 51.7 Å². The van der Waals surface area contributed by atoms with Crippen molar-refractivity contribution < 1.29 is 23.4 Å². The van der Waals surface area contributed by atoms with Crippen molar-refractivity contribution >= 4 is 28.5 Å². The molecule has 27 heavy (non-hydrogen) atoms. The lowest BCUT2D eigenvalue weighted by Crippen LogP contribution is -2.15. The van der Waals surface area contributed by atoms with Crippen LogP contribution in [-0.4, -0.2) is 19.7 Å². The number of ether oxygens (including phenoxy) is 3. The van der Waals surface area contributed by atoms with E-state index in [0.717, 1.165) is 5.56 Å². The summed E-state index contributed by atoms with van der Waals surface area (Å²) in [5, 5.41) is 1.15. The molecule has 7 heteroatoms. The Morgan fingerprint density at radius 2 is 1.81 bits per heavy atom. The normalized spacial score (nSPS) is 10.6. The van der Waals surface area contributed by atoms with Gasteiger partial charge < -0.3 is 18.6 Å². The molecule has 3 rings (SSSR count). The highest BCUT2D eigenvalue weighted by Crippen LogP contribution is 2.25. The van der Waals surface area contributed by atoms with Crippen molar-refractivity contribution in [3.05, 3.63) is 69.0 Å². The summed E-state index contributed by atoms with van der Waals surface area (Å²) >= 11 is 6.14. The number of aryl methyl sites for hydroxylation is 1. The third kappa shape index (κ3) is 4.60. The van der Waals surface area contributed by atoms with Gasteiger partial charge in [0.05, 0.1) is 7.11 Å². The van der Waals surface area contributed by atoms with E-state index in [1.165, 1.54) is 6.07 Å². The minimum Gasteiger partial charge on any atom is -0.497 e. The molecule has 0 unspecified atom stereocenters. The van der Waals surface area contributed by atoms with Crippen molar-refractivity contribution in [1.82, 2.24) is 0 Å². The van der Waals surface area contributed by atoms with Crippen LogP contribution in [0.2, 0.25) is 5.02 Å². The summed E-state index contributed by atoms with van der Waals surface area (Å²) in [5.41, 5.74) is 1.17. The number of esters is 1. The van der Waals surface area contributed by atoms with Crippen LogP contribution in [0.25, 0.3) is 11.0 Å². The van der Waals surface area contributed by atoms with Crippen molar-refractivity contribution in [2.75, 3.05) is 13.7 Å². The summed E-state index contributed by atoms with van der Waals surface area (Å²) in [6.45, 7) is 1.46. The van der Waals surface area contributed by atoms with Gasteiger partial charge in [0.25, 0.3) is 0 Å². The topological polar surface area (TPSA) is 75.0 Å². The van der Waals surface area contributed by atoms with Crippen molar-refractivity contribution in [2.45, 2.75) is 13.5 Å². The minimum absolute atomic E-state index is 0.0910. The minimum atomic E-state index is -0.564. The van der Waals surface area contributed by atoms with Gasteiger partial charge in [-0.05, 0) is 48.9 Å². The summed E-state index contributed by atoms with van der Waals surface area (Å²) in [4.78, 5) is 23.7. The van der Waals surface area contributed by atoms with Crippen molar-refractivity contribution in [3.63, 3.8) is 0 Å². The lowest BCUT2D eigenvalue weighted by Gasteiger charge is -2.10. The Morgan fingerprint density at radius 3 is 2.52 bits per heavy atom. The van der Waals surface area contributed by atoms with Crippen molar-refractivity contribution in [2.24, 2.45) is 0 Å². The molecule has 0 bridgehead atoms. The molecule has 0 aliphatic rings. The highest BCUT2D eigenvalue weighted by Gasteiger charge is 2.11. The largest absolute Gasteiger partial charge is 0.497 e. The summed E-state index contributed by atoms with van der Waals surface area (Å²) in [6.07, 6.45) is 0. The van der Waals surface area contributed by atoms with E-state index in [1.54, 1.807) is 43.5 Å². The maximum atomic E-state index is 12.0. The quantitative estimate of drug-likeness (QED) is 0.471. The number of benzene rings is 2. The zero-order valence-corrected chi connectivity index (χ0v) is 15.5. The number of methoxy groups -OCH3 is 1. The Bertz CT molecular complexity index is 1020. The molecule has 2 aromatic carbocycles. The Balaban J connectivity index is 1.66. The van der Waals surface area contributed by atoms with Gasteiger partial charge in [0.1, 0.15) is 23.7 Å². The average molecular weight is 389 g/mol. The predicted octanol–water partition coefficient (Wildman–Crippen LogP) is 3.89. The first-order chi connectivity index (χ1) is 13.0. The van der Waals surface area contributed by atoms with Gasteiger partial charge in [-0.15, -0.1) is 0 Å². The van der Waals surface area contributed by atoms with E-state index < -0.39 is 11.6 Å². The zero-order valence-electron chi connectivity index (χ0n) is 14.8. The van der Waals surface area contributed by atoms with E-state index in [4.69, 9.17) is 30.2 Å². The molecule has 0 fully saturated rings. The molecule has 0 saturated heterocycles. The maximum absolute atomic E-state index is 12.0. The predicted molar refractivity (Wildman–Crippen MR) is 101 cm³/mol. The Labute approximate surface area is 160 Å². The molecule has 0 saturated carbocycles. The van der Waals surface area contributed by atoms with E-state index >= 15 is 0 Å². The van der Waals surface area contributed by atoms with Crippen LogP contribution in [0, 0.1) is 6.92 Å². The smallest absolute Gasteiger partial charge is 0.344 e. The molecule has 0 radical (unpaired) electrons. The fraction of sp³-hybridized carbons (Fsp3) is 0.200. The van der Waals surface area contributed by atoms with Crippen LogP contribution in [0.4, 0.5) is 0 Å². The number of hydrogen-bond acceptors (Lipinski definition) is 6. The first-order valence-electron chi connectivity index (χ1n) is 8.11. The second kappa shape index (κ2) is 8.14. The van der Waals surface area contributed by atoms with Crippen molar-refractivity contribution in [3.8, 4) is 11.5 Å². The molecule has 3 aromatic rings. The second-order valence-corrected chi connectivity index (χ2v) is 6.22. The molecule has 0 aliphatic heterocycles. The number of carbonyl (C=O) groups is 1. The van der Waals surface area contributed by atoms with Crippen LogP contribution in [0.5, 0.6) is 11.5 Å². The first kappa shape index (κ1) is 18.8. The van der Waals surface area contributed by atoms with Crippen LogP contribution in [0.1, 0.15) is 11.1 Å². The Morgan fingerprint density at radius 1 is 1.11 bits per heavy atom. The van der Waals surface area contributed by atoms with Crippen LogP contribution < -0.4 is 15.1 Å². The fourth-order valence-electron chi connectivity index (χ4n) is 2.48. The summed E-state index contributed by atoms with van der Waals surface area (Å²) in [6, 6.07) is 11.5. The Kier molecular flexibility index (Phi) is 5.66. The molecule has 1 heterocycles. The Hall–Kier alpha value is -2.99. The highest BCUT2D eigenvalue weighted by atomic mass is 35.5. The highest BCUT2D eigenvalue weighted by molar-refractivity contribution is 6.32. The molecule has 0 amide bonds. The van der Waals surface area contributed by atoms with Crippen molar-refractivity contribution in [1.29, 1.82) is 0 Å². The molecule has 6 nitrogen and oxygen atoms in total. The van der Waals surface area contributed by atoms with Gasteiger partial charge >= 0.3 is 11.6 Å². The number of rotatable bonds is 6. The summed E-state index contributed by atoms with van der Waals surface area (Å²) < 4.78 is 20.8. The molecular formula is C20H17ClO6. The third-order valence-electron chi connectivity index (χ3n) is 3.91. The summed E-state index contributed by atoms with van der Waals surface area (Å²) in [5.74, 6) is 0.639. The molecule has 1 aromatic heterocycles. The van der Waals surface area contributed by atoms with Crippen LogP contribution >= 0.6 is 11.6 Å². The van der Waals surface area contributed by atoms with E-state index in [1.807, 2.05) is 6.92 Å². The lowest BCUT2D eigenvalue weighted by molar-refractivity contribution is -0.147. The molecule has 0 spiro atoms. The molecular weight excluding hydrogens is 372 g/mol. The molecule has 0 aliphatic carbocycles. The number of fused-ring (bicyclic) bond motifs is 1. The third-order valence-corrected chi connectivity index (χ3v) is 4.32. The second-order valence-electron chi connectivity index (χ2n) is 5.81. The van der Waals surface area contributed by atoms with E-state index in [9.17, 15) is 9.59 Å². The zero-order chi connectivity index (χ0) is 19.4. The maximum Gasteiger partial charge on any atom is 0.344 e. The number of halogens is 1. The van der Waals surface area contributed by atoms with Gasteiger partial charge in [0, 0.05) is 22.0 Å². The van der Waals surface area contributed by atoms with Crippen LogP contribution in [-0.2, 0) is 16.1 Å². The number of carbonyl (C=O) groups excluding carboxylic acids is 1. The average Bonchev–Trinajstić information content (AvgIpc) is 2.66. The molecule has 0 N–H and O–H groups in total. The van der Waals surface area contributed by atoms with Gasteiger partial charge in [0.2, 0.25) is 0 Å². The lowest BCUT2D eigenvalue weighted by atomic mass is 10.1. The first-order valence-corrected chi connectivity index (χ1v) is 8.49. The van der Waals surface area contributed by atoms with Gasteiger partial charge in [-0.2, -0.15) is 0 Å². The fourth-order valence-corrected chi connectivity index (χ4v) is 2.65. The van der Waals surface area contributed by atoms with Gasteiger partial charge in [0.15, 0.2) is 6.61 Å². The van der Waals surface area contributed by atoms with E-state index in [0.29, 0.717) is 33.1 Å². The number of hydrogen-bond donors (Lipinski definition) is 0. The molecule has 140 valence electrons. The van der Waals surface area contributed by atoms with E-state index in [-0.39, 0.29) is 13.2 Å². The van der Waals surface area contributed by atoms with Gasteiger partial charge in [-0.3, -0.25) is 0 Å². The van der Waals surface area contributed by atoms with Crippen LogP contribution in [0.3, 0.4) is 0 Å².